The first-order valence-electron chi connectivity index (χ1n) is 7.20. The summed E-state index contributed by atoms with van der Waals surface area (Å²) in [4.78, 5) is 15.9. The van der Waals surface area contributed by atoms with Crippen molar-refractivity contribution in [1.29, 1.82) is 0 Å². The highest BCUT2D eigenvalue weighted by atomic mass is 127. The summed E-state index contributed by atoms with van der Waals surface area (Å²) >= 11 is 0. The van der Waals surface area contributed by atoms with Crippen LogP contribution in [0.25, 0.3) is 0 Å². The van der Waals surface area contributed by atoms with E-state index in [2.05, 4.69) is 27.5 Å². The summed E-state index contributed by atoms with van der Waals surface area (Å²) in [5.41, 5.74) is 1.21. The molecule has 122 valence electrons. The molecule has 0 saturated carbocycles. The number of hydrogen-bond acceptors (Lipinski definition) is 2. The molecule has 0 fully saturated rings. The highest BCUT2D eigenvalue weighted by Crippen LogP contribution is 1.97. The molecule has 0 bridgehead atoms. The second-order valence-electron chi connectivity index (χ2n) is 4.45. The molecule has 0 unspecified atom stereocenters. The van der Waals surface area contributed by atoms with Crippen LogP contribution in [0.2, 0.25) is 0 Å². The van der Waals surface area contributed by atoms with Crippen LogP contribution < -0.4 is 16.0 Å². The number of aliphatic imine (C=N–C) groups is 1. The Morgan fingerprint density at radius 3 is 2.59 bits per heavy atom. The number of rotatable bonds is 8. The van der Waals surface area contributed by atoms with Crippen molar-refractivity contribution in [2.45, 2.75) is 13.3 Å². The fourth-order valence-corrected chi connectivity index (χ4v) is 1.71. The van der Waals surface area contributed by atoms with E-state index < -0.39 is 0 Å². The monoisotopic (exact) mass is 416 g/mol. The standard InChI is InChI=1S/C16H24N4O.HI/c1-3-11-19-16(17-4-2)20-13-15(21)18-12-10-14-8-6-5-7-9-14;/h3,5-9H,1,4,10-13H2,2H3,(H,18,21)(H2,17,19,20);1H. The second kappa shape index (κ2) is 13.1. The van der Waals surface area contributed by atoms with Crippen LogP contribution >= 0.6 is 24.0 Å². The summed E-state index contributed by atoms with van der Waals surface area (Å²) in [6.07, 6.45) is 2.57. The van der Waals surface area contributed by atoms with Gasteiger partial charge in [0.1, 0.15) is 6.54 Å². The van der Waals surface area contributed by atoms with Crippen molar-refractivity contribution < 1.29 is 4.79 Å². The molecule has 1 aromatic carbocycles. The van der Waals surface area contributed by atoms with E-state index in [-0.39, 0.29) is 36.4 Å². The van der Waals surface area contributed by atoms with Crippen LogP contribution in [0.15, 0.2) is 48.0 Å². The van der Waals surface area contributed by atoms with Crippen LogP contribution in [-0.2, 0) is 11.2 Å². The van der Waals surface area contributed by atoms with Gasteiger partial charge in [-0.3, -0.25) is 4.79 Å². The van der Waals surface area contributed by atoms with Crippen molar-refractivity contribution in [1.82, 2.24) is 16.0 Å². The lowest BCUT2D eigenvalue weighted by molar-refractivity contribution is -0.119. The Morgan fingerprint density at radius 2 is 1.95 bits per heavy atom. The van der Waals surface area contributed by atoms with Gasteiger partial charge in [-0.15, -0.1) is 30.6 Å². The van der Waals surface area contributed by atoms with E-state index in [1.807, 2.05) is 37.3 Å². The van der Waals surface area contributed by atoms with Gasteiger partial charge in [0.2, 0.25) is 5.91 Å². The maximum absolute atomic E-state index is 11.7. The SMILES string of the molecule is C=CCNC(=NCC(=O)NCCc1ccccc1)NCC.I. The zero-order valence-corrected chi connectivity index (χ0v) is 15.3. The molecule has 0 aliphatic rings. The fraction of sp³-hybridized carbons (Fsp3) is 0.375. The third kappa shape index (κ3) is 9.38. The Kier molecular flexibility index (Phi) is 12.2. The molecule has 1 amide bonds. The van der Waals surface area contributed by atoms with Gasteiger partial charge in [-0.25, -0.2) is 4.99 Å². The van der Waals surface area contributed by atoms with Gasteiger partial charge in [0, 0.05) is 19.6 Å². The van der Waals surface area contributed by atoms with Gasteiger partial charge in [-0.05, 0) is 18.9 Å². The topological polar surface area (TPSA) is 65.5 Å². The van der Waals surface area contributed by atoms with Crippen LogP contribution in [0.3, 0.4) is 0 Å². The Hall–Kier alpha value is -1.57. The lowest BCUT2D eigenvalue weighted by Crippen LogP contribution is -2.38. The van der Waals surface area contributed by atoms with Crippen molar-refractivity contribution >= 4 is 35.8 Å². The van der Waals surface area contributed by atoms with Crippen LogP contribution in [-0.4, -0.2) is 38.0 Å². The molecule has 0 aromatic heterocycles. The smallest absolute Gasteiger partial charge is 0.241 e. The molecule has 0 aliphatic carbocycles. The highest BCUT2D eigenvalue weighted by Gasteiger charge is 2.01. The van der Waals surface area contributed by atoms with Crippen LogP contribution in [0.5, 0.6) is 0 Å². The third-order valence-electron chi connectivity index (χ3n) is 2.72. The predicted octanol–water partition coefficient (Wildman–Crippen LogP) is 1.70. The largest absolute Gasteiger partial charge is 0.357 e. The van der Waals surface area contributed by atoms with Crippen molar-refractivity contribution in [3.05, 3.63) is 48.6 Å². The molecule has 0 aliphatic heterocycles. The quantitative estimate of drug-likeness (QED) is 0.262. The van der Waals surface area contributed by atoms with Crippen LogP contribution in [0, 0.1) is 0 Å². The van der Waals surface area contributed by atoms with E-state index >= 15 is 0 Å². The van der Waals surface area contributed by atoms with E-state index in [4.69, 9.17) is 0 Å². The maximum Gasteiger partial charge on any atom is 0.241 e. The van der Waals surface area contributed by atoms with Gasteiger partial charge >= 0.3 is 0 Å². The van der Waals surface area contributed by atoms with Crippen molar-refractivity contribution in [3.63, 3.8) is 0 Å². The Balaban J connectivity index is 0.00000441. The zero-order chi connectivity index (χ0) is 15.3. The normalized spacial score (nSPS) is 10.3. The lowest BCUT2D eigenvalue weighted by atomic mass is 10.1. The predicted molar refractivity (Wildman–Crippen MR) is 103 cm³/mol. The fourth-order valence-electron chi connectivity index (χ4n) is 1.71. The van der Waals surface area contributed by atoms with E-state index in [0.29, 0.717) is 19.0 Å². The summed E-state index contributed by atoms with van der Waals surface area (Å²) in [7, 11) is 0. The number of guanidine groups is 1. The van der Waals surface area contributed by atoms with Crippen molar-refractivity contribution in [3.8, 4) is 0 Å². The van der Waals surface area contributed by atoms with Gasteiger partial charge in [-0.2, -0.15) is 0 Å². The minimum atomic E-state index is -0.0817. The van der Waals surface area contributed by atoms with Crippen LogP contribution in [0.4, 0.5) is 0 Å². The second-order valence-corrected chi connectivity index (χ2v) is 4.45. The summed E-state index contributed by atoms with van der Waals surface area (Å²) in [5.74, 6) is 0.539. The lowest BCUT2D eigenvalue weighted by Gasteiger charge is -2.09. The average molecular weight is 416 g/mol. The molecular weight excluding hydrogens is 391 g/mol. The maximum atomic E-state index is 11.7. The first kappa shape index (κ1) is 20.4. The van der Waals surface area contributed by atoms with E-state index in [9.17, 15) is 4.79 Å². The molecule has 6 heteroatoms. The molecule has 0 saturated heterocycles. The van der Waals surface area contributed by atoms with Gasteiger partial charge in [0.15, 0.2) is 5.96 Å². The minimum Gasteiger partial charge on any atom is -0.357 e. The molecular formula is C16H25IN4O. The summed E-state index contributed by atoms with van der Waals surface area (Å²) in [5, 5.41) is 8.98. The van der Waals surface area contributed by atoms with Gasteiger partial charge in [0.25, 0.3) is 0 Å². The van der Waals surface area contributed by atoms with Gasteiger partial charge in [0.05, 0.1) is 0 Å². The number of nitrogens with zero attached hydrogens (tertiary/aromatic N) is 1. The number of carbonyl (C=O) groups is 1. The average Bonchev–Trinajstić information content (AvgIpc) is 2.51. The number of halogens is 1. The van der Waals surface area contributed by atoms with Gasteiger partial charge < -0.3 is 16.0 Å². The number of amides is 1. The number of benzene rings is 1. The molecule has 1 aromatic rings. The summed E-state index contributed by atoms with van der Waals surface area (Å²) < 4.78 is 0. The molecule has 0 spiro atoms. The molecule has 3 N–H and O–H groups in total. The first-order valence-corrected chi connectivity index (χ1v) is 7.20. The van der Waals surface area contributed by atoms with E-state index in [0.717, 1.165) is 13.0 Å². The molecule has 22 heavy (non-hydrogen) atoms. The van der Waals surface area contributed by atoms with E-state index in [1.54, 1.807) is 6.08 Å². The van der Waals surface area contributed by atoms with Gasteiger partial charge in [-0.1, -0.05) is 36.4 Å². The third-order valence-corrected chi connectivity index (χ3v) is 2.72. The molecule has 0 radical (unpaired) electrons. The Morgan fingerprint density at radius 1 is 1.23 bits per heavy atom. The Labute approximate surface area is 149 Å². The molecule has 1 rings (SSSR count). The highest BCUT2D eigenvalue weighted by molar-refractivity contribution is 14.0. The Bertz CT molecular complexity index is 462. The van der Waals surface area contributed by atoms with Crippen molar-refractivity contribution in [2.75, 3.05) is 26.2 Å². The molecule has 5 nitrogen and oxygen atoms in total. The number of nitrogens with one attached hydrogen (secondary N) is 3. The molecule has 0 atom stereocenters. The minimum absolute atomic E-state index is 0. The molecule has 0 heterocycles. The van der Waals surface area contributed by atoms with E-state index in [1.165, 1.54) is 5.56 Å². The zero-order valence-electron chi connectivity index (χ0n) is 13.0. The number of carbonyl (C=O) groups excluding carboxylic acids is 1. The summed E-state index contributed by atoms with van der Waals surface area (Å²) in [6.45, 7) is 7.70. The number of hydrogen-bond donors (Lipinski definition) is 3. The first-order chi connectivity index (χ1) is 10.3. The van der Waals surface area contributed by atoms with Crippen molar-refractivity contribution in [2.24, 2.45) is 4.99 Å². The van der Waals surface area contributed by atoms with Crippen LogP contribution in [0.1, 0.15) is 12.5 Å². The summed E-state index contributed by atoms with van der Waals surface area (Å²) in [6, 6.07) is 10.1.